The highest BCUT2D eigenvalue weighted by molar-refractivity contribution is 7.14. The first-order valence-electron chi connectivity index (χ1n) is 8.44. The van der Waals surface area contributed by atoms with Crippen LogP contribution in [-0.4, -0.2) is 29.9 Å². The van der Waals surface area contributed by atoms with Gasteiger partial charge in [-0.25, -0.2) is 4.39 Å². The number of nitrogens with zero attached hydrogens (tertiary/aromatic N) is 1. The van der Waals surface area contributed by atoms with Gasteiger partial charge in [0.15, 0.2) is 0 Å². The topological polar surface area (TPSA) is 46.3 Å². The van der Waals surface area contributed by atoms with Gasteiger partial charge >= 0.3 is 0 Å². The Morgan fingerprint density at radius 2 is 2.00 bits per heavy atom. The minimum absolute atomic E-state index is 0.109. The van der Waals surface area contributed by atoms with Gasteiger partial charge in [-0.2, -0.15) is 0 Å². The number of amides is 1. The first-order valence-corrected chi connectivity index (χ1v) is 9.26. The van der Waals surface area contributed by atoms with Gasteiger partial charge < -0.3 is 10.6 Å². The first-order chi connectivity index (χ1) is 11.5. The van der Waals surface area contributed by atoms with Crippen LogP contribution in [0.2, 0.25) is 0 Å². The summed E-state index contributed by atoms with van der Waals surface area (Å²) in [6.07, 6.45) is 2.23. The van der Waals surface area contributed by atoms with E-state index in [1.165, 1.54) is 23.5 Å². The van der Waals surface area contributed by atoms with Gasteiger partial charge in [0.1, 0.15) is 5.82 Å². The molecular weight excluding hydrogens is 323 g/mol. The Labute approximate surface area is 145 Å². The Balaban J connectivity index is 1.56. The Bertz CT molecular complexity index is 770. The monoisotopic (exact) mass is 344 g/mol. The lowest BCUT2D eigenvalue weighted by Gasteiger charge is -2.17. The summed E-state index contributed by atoms with van der Waals surface area (Å²) in [6.45, 7) is 3.63. The Hall–Kier alpha value is -1.72. The molecule has 0 spiro atoms. The van der Waals surface area contributed by atoms with Crippen molar-refractivity contribution in [2.24, 2.45) is 17.6 Å². The molecule has 2 aliphatic rings. The fraction of sp³-hybridized carbons (Fsp3) is 0.421. The lowest BCUT2D eigenvalue weighted by Crippen LogP contribution is -2.33. The SMILES string of the molecule is Cc1sc(C(=O)N2CC3CCC(N)C3C2)cc1-c1ccc(F)cc1. The number of thiophene rings is 1. The molecule has 2 heterocycles. The van der Waals surface area contributed by atoms with Crippen molar-refractivity contribution in [1.82, 2.24) is 4.90 Å². The van der Waals surface area contributed by atoms with Gasteiger partial charge in [0.2, 0.25) is 0 Å². The van der Waals surface area contributed by atoms with Crippen molar-refractivity contribution in [3.8, 4) is 11.1 Å². The number of likely N-dealkylation sites (tertiary alicyclic amines) is 1. The van der Waals surface area contributed by atoms with Gasteiger partial charge in [0.25, 0.3) is 5.91 Å². The third-order valence-corrected chi connectivity index (χ3v) is 6.52. The maximum Gasteiger partial charge on any atom is 0.263 e. The second-order valence-electron chi connectivity index (χ2n) is 6.96. The maximum absolute atomic E-state index is 13.1. The zero-order valence-electron chi connectivity index (χ0n) is 13.7. The minimum Gasteiger partial charge on any atom is -0.337 e. The standard InChI is InChI=1S/C19H21FN2OS/c1-11-15(12-2-5-14(20)6-3-12)8-18(24-11)19(23)22-9-13-4-7-17(21)16(13)10-22/h2-3,5-6,8,13,16-17H,4,7,9-10,21H2,1H3. The summed E-state index contributed by atoms with van der Waals surface area (Å²) in [5.74, 6) is 0.897. The van der Waals surface area contributed by atoms with Crippen LogP contribution in [0.3, 0.4) is 0 Å². The zero-order chi connectivity index (χ0) is 16.8. The summed E-state index contributed by atoms with van der Waals surface area (Å²) >= 11 is 1.52. The molecule has 1 aliphatic heterocycles. The number of carbonyl (C=O) groups is 1. The van der Waals surface area contributed by atoms with E-state index in [2.05, 4.69) is 0 Å². The number of hydrogen-bond donors (Lipinski definition) is 1. The third-order valence-electron chi connectivity index (χ3n) is 5.48. The van der Waals surface area contributed by atoms with E-state index in [9.17, 15) is 9.18 Å². The molecule has 1 saturated carbocycles. The molecule has 2 fully saturated rings. The fourth-order valence-electron chi connectivity index (χ4n) is 4.13. The summed E-state index contributed by atoms with van der Waals surface area (Å²) in [5, 5.41) is 0. The van der Waals surface area contributed by atoms with E-state index in [1.54, 1.807) is 12.1 Å². The minimum atomic E-state index is -0.247. The molecule has 3 atom stereocenters. The van der Waals surface area contributed by atoms with Gasteiger partial charge in [0.05, 0.1) is 4.88 Å². The highest BCUT2D eigenvalue weighted by Crippen LogP contribution is 2.39. The van der Waals surface area contributed by atoms with Crippen LogP contribution >= 0.6 is 11.3 Å². The molecule has 4 rings (SSSR count). The van der Waals surface area contributed by atoms with Crippen LogP contribution in [0.1, 0.15) is 27.4 Å². The summed E-state index contributed by atoms with van der Waals surface area (Å²) in [5.41, 5.74) is 8.13. The Kier molecular flexibility index (Phi) is 3.93. The van der Waals surface area contributed by atoms with Crippen molar-refractivity contribution in [3.63, 3.8) is 0 Å². The highest BCUT2D eigenvalue weighted by Gasteiger charge is 2.42. The Morgan fingerprint density at radius 3 is 2.71 bits per heavy atom. The maximum atomic E-state index is 13.1. The molecule has 3 unspecified atom stereocenters. The molecule has 1 aliphatic carbocycles. The molecule has 2 aromatic rings. The van der Waals surface area contributed by atoms with E-state index >= 15 is 0 Å². The molecule has 5 heteroatoms. The smallest absolute Gasteiger partial charge is 0.263 e. The fourth-order valence-corrected chi connectivity index (χ4v) is 5.14. The molecule has 1 amide bonds. The van der Waals surface area contributed by atoms with Crippen molar-refractivity contribution in [2.45, 2.75) is 25.8 Å². The second kappa shape index (κ2) is 5.97. The lowest BCUT2D eigenvalue weighted by atomic mass is 9.98. The molecule has 126 valence electrons. The van der Waals surface area contributed by atoms with Crippen LogP contribution in [0.15, 0.2) is 30.3 Å². The van der Waals surface area contributed by atoms with Crippen LogP contribution in [0.4, 0.5) is 4.39 Å². The molecule has 24 heavy (non-hydrogen) atoms. The summed E-state index contributed by atoms with van der Waals surface area (Å²) < 4.78 is 13.1. The van der Waals surface area contributed by atoms with E-state index in [0.717, 1.165) is 46.8 Å². The second-order valence-corrected chi connectivity index (χ2v) is 8.22. The van der Waals surface area contributed by atoms with E-state index in [0.29, 0.717) is 11.8 Å². The van der Waals surface area contributed by atoms with E-state index < -0.39 is 0 Å². The molecule has 0 radical (unpaired) electrons. The molecule has 0 bridgehead atoms. The summed E-state index contributed by atoms with van der Waals surface area (Å²) in [6, 6.07) is 8.63. The van der Waals surface area contributed by atoms with Gasteiger partial charge in [-0.1, -0.05) is 12.1 Å². The number of rotatable bonds is 2. The van der Waals surface area contributed by atoms with Crippen LogP contribution in [0.5, 0.6) is 0 Å². The van der Waals surface area contributed by atoms with Crippen molar-refractivity contribution in [2.75, 3.05) is 13.1 Å². The number of fused-ring (bicyclic) bond motifs is 1. The van der Waals surface area contributed by atoms with Gasteiger partial charge in [-0.15, -0.1) is 11.3 Å². The van der Waals surface area contributed by atoms with Crippen LogP contribution < -0.4 is 5.73 Å². The number of hydrogen-bond acceptors (Lipinski definition) is 3. The lowest BCUT2D eigenvalue weighted by molar-refractivity contribution is 0.0784. The van der Waals surface area contributed by atoms with Crippen molar-refractivity contribution < 1.29 is 9.18 Å². The van der Waals surface area contributed by atoms with E-state index in [4.69, 9.17) is 5.73 Å². The van der Waals surface area contributed by atoms with Crippen LogP contribution in [0.25, 0.3) is 11.1 Å². The number of aryl methyl sites for hydroxylation is 1. The molecule has 1 aromatic carbocycles. The number of halogens is 1. The van der Waals surface area contributed by atoms with Gasteiger partial charge in [0, 0.05) is 24.0 Å². The normalized spacial score (nSPS) is 26.0. The number of nitrogens with two attached hydrogens (primary N) is 1. The molecule has 3 nitrogen and oxygen atoms in total. The van der Waals surface area contributed by atoms with Gasteiger partial charge in [-0.3, -0.25) is 4.79 Å². The summed E-state index contributed by atoms with van der Waals surface area (Å²) in [4.78, 5) is 16.7. The van der Waals surface area contributed by atoms with E-state index in [-0.39, 0.29) is 17.8 Å². The largest absolute Gasteiger partial charge is 0.337 e. The molecule has 1 saturated heterocycles. The molecular formula is C19H21FN2OS. The van der Waals surface area contributed by atoms with E-state index in [1.807, 2.05) is 17.9 Å². The Morgan fingerprint density at radius 1 is 1.25 bits per heavy atom. The first kappa shape index (κ1) is 15.8. The predicted molar refractivity (Wildman–Crippen MR) is 94.5 cm³/mol. The number of carbonyl (C=O) groups excluding carboxylic acids is 1. The van der Waals surface area contributed by atoms with Crippen molar-refractivity contribution >= 4 is 17.2 Å². The van der Waals surface area contributed by atoms with Crippen LogP contribution in [-0.2, 0) is 0 Å². The molecule has 2 N–H and O–H groups in total. The van der Waals surface area contributed by atoms with Crippen molar-refractivity contribution in [1.29, 1.82) is 0 Å². The quantitative estimate of drug-likeness (QED) is 0.903. The van der Waals surface area contributed by atoms with Crippen molar-refractivity contribution in [3.05, 3.63) is 45.9 Å². The van der Waals surface area contributed by atoms with Crippen LogP contribution in [0, 0.1) is 24.6 Å². The molecule has 1 aromatic heterocycles. The average molecular weight is 344 g/mol. The third kappa shape index (κ3) is 2.66. The predicted octanol–water partition coefficient (Wildman–Crippen LogP) is 3.67. The number of benzene rings is 1. The summed E-state index contributed by atoms with van der Waals surface area (Å²) in [7, 11) is 0. The van der Waals surface area contributed by atoms with Gasteiger partial charge in [-0.05, 0) is 60.9 Å². The zero-order valence-corrected chi connectivity index (χ0v) is 14.5. The average Bonchev–Trinajstić information content (AvgIpc) is 3.24. The highest BCUT2D eigenvalue weighted by atomic mass is 32.1.